The molecule has 0 unspecified atom stereocenters. The second-order valence-corrected chi connectivity index (χ2v) is 9.00. The smallest absolute Gasteiger partial charge is 0.337 e. The van der Waals surface area contributed by atoms with E-state index in [4.69, 9.17) is 14.2 Å². The number of amides is 1. The number of nitrogens with zero attached hydrogens (tertiary/aromatic N) is 1. The summed E-state index contributed by atoms with van der Waals surface area (Å²) in [5.41, 5.74) is 2.08. The molecular weight excluding hydrogens is 412 g/mol. The van der Waals surface area contributed by atoms with Crippen LogP contribution in [0.5, 0.6) is 11.5 Å². The number of fused-ring (bicyclic) bond motifs is 2. The van der Waals surface area contributed by atoms with Crippen LogP contribution in [0, 0.1) is 5.41 Å². The van der Waals surface area contributed by atoms with Gasteiger partial charge in [0.25, 0.3) is 5.91 Å². The number of esters is 1. The average molecular weight is 440 g/mol. The van der Waals surface area contributed by atoms with Gasteiger partial charge in [0.15, 0.2) is 5.78 Å². The number of allylic oxidation sites excluding steroid dienone is 2. The molecule has 170 valence electrons. The third kappa shape index (κ3) is 3.43. The van der Waals surface area contributed by atoms with E-state index in [1.54, 1.807) is 25.3 Å². The first-order chi connectivity index (χ1) is 15.2. The van der Waals surface area contributed by atoms with Crippen molar-refractivity contribution in [3.63, 3.8) is 0 Å². The van der Waals surface area contributed by atoms with Gasteiger partial charge in [-0.2, -0.15) is 0 Å². The van der Waals surface area contributed by atoms with E-state index in [9.17, 15) is 14.4 Å². The lowest BCUT2D eigenvalue weighted by molar-refractivity contribution is -0.137. The van der Waals surface area contributed by atoms with Crippen LogP contribution in [0.1, 0.15) is 38.2 Å². The second kappa shape index (κ2) is 8.00. The normalized spacial score (nSPS) is 22.2. The van der Waals surface area contributed by atoms with Crippen LogP contribution >= 0.6 is 0 Å². The fraction of sp³-hybridized carbons (Fsp3) is 0.458. The highest BCUT2D eigenvalue weighted by atomic mass is 16.5. The molecule has 1 amide bonds. The Morgan fingerprint density at radius 2 is 1.88 bits per heavy atom. The number of benzene rings is 1. The Balaban J connectivity index is 2.04. The van der Waals surface area contributed by atoms with E-state index in [1.165, 1.54) is 14.2 Å². The lowest BCUT2D eigenvalue weighted by Crippen LogP contribution is -2.51. The van der Waals surface area contributed by atoms with Crippen molar-refractivity contribution in [2.45, 2.75) is 32.6 Å². The molecule has 32 heavy (non-hydrogen) atoms. The lowest BCUT2D eigenvalue weighted by atomic mass is 9.67. The van der Waals surface area contributed by atoms with Gasteiger partial charge in [-0.25, -0.2) is 4.79 Å². The zero-order valence-electron chi connectivity index (χ0n) is 19.0. The van der Waals surface area contributed by atoms with Crippen molar-refractivity contribution < 1.29 is 28.6 Å². The number of carbonyl (C=O) groups is 3. The minimum Gasteiger partial charge on any atom is -0.497 e. The number of rotatable bonds is 4. The molecule has 4 rings (SSSR count). The molecule has 1 fully saturated rings. The molecule has 0 bridgehead atoms. The van der Waals surface area contributed by atoms with E-state index in [1.807, 2.05) is 18.7 Å². The molecule has 2 heterocycles. The van der Waals surface area contributed by atoms with Gasteiger partial charge in [-0.05, 0) is 17.9 Å². The van der Waals surface area contributed by atoms with Gasteiger partial charge in [0.05, 0.1) is 32.8 Å². The fourth-order valence-electron chi connectivity index (χ4n) is 4.98. The molecule has 8 heteroatoms. The highest BCUT2D eigenvalue weighted by Gasteiger charge is 2.49. The maximum Gasteiger partial charge on any atom is 0.337 e. The Morgan fingerprint density at radius 3 is 2.53 bits per heavy atom. The van der Waals surface area contributed by atoms with Gasteiger partial charge in [-0.15, -0.1) is 0 Å². The molecular formula is C24H28N2O6. The van der Waals surface area contributed by atoms with Crippen molar-refractivity contribution in [2.75, 3.05) is 34.4 Å². The molecule has 8 nitrogen and oxygen atoms in total. The summed E-state index contributed by atoms with van der Waals surface area (Å²) in [5.74, 6) is -0.769. The first kappa shape index (κ1) is 21.9. The molecule has 1 saturated heterocycles. The molecule has 0 saturated carbocycles. The third-order valence-corrected chi connectivity index (χ3v) is 6.32. The highest BCUT2D eigenvalue weighted by molar-refractivity contribution is 6.09. The maximum atomic E-state index is 13.5. The zero-order chi connectivity index (χ0) is 23.2. The fourth-order valence-corrected chi connectivity index (χ4v) is 4.98. The summed E-state index contributed by atoms with van der Waals surface area (Å²) in [6.45, 7) is 5.00. The van der Waals surface area contributed by atoms with Crippen LogP contribution in [-0.2, 0) is 19.1 Å². The quantitative estimate of drug-likeness (QED) is 0.718. The predicted molar refractivity (Wildman–Crippen MR) is 116 cm³/mol. The summed E-state index contributed by atoms with van der Waals surface area (Å²) in [4.78, 5) is 41.5. The van der Waals surface area contributed by atoms with Crippen molar-refractivity contribution in [3.05, 3.63) is 46.3 Å². The van der Waals surface area contributed by atoms with Gasteiger partial charge >= 0.3 is 5.97 Å². The van der Waals surface area contributed by atoms with Crippen LogP contribution < -0.4 is 14.8 Å². The van der Waals surface area contributed by atoms with E-state index in [2.05, 4.69) is 5.32 Å². The summed E-state index contributed by atoms with van der Waals surface area (Å²) in [7, 11) is 4.35. The van der Waals surface area contributed by atoms with Gasteiger partial charge in [0, 0.05) is 42.4 Å². The maximum absolute atomic E-state index is 13.5. The number of nitrogens with one attached hydrogen (secondary N) is 1. The Hall–Kier alpha value is -3.29. The highest BCUT2D eigenvalue weighted by Crippen LogP contribution is 2.52. The molecule has 2 aliphatic heterocycles. The number of piperazine rings is 1. The molecule has 1 aromatic carbocycles. The minimum atomic E-state index is -0.781. The zero-order valence-corrected chi connectivity index (χ0v) is 19.0. The van der Waals surface area contributed by atoms with Crippen molar-refractivity contribution >= 4 is 17.7 Å². The molecule has 0 spiro atoms. The van der Waals surface area contributed by atoms with E-state index >= 15 is 0 Å². The number of carbonyl (C=O) groups excluding carboxylic acids is 3. The van der Waals surface area contributed by atoms with Gasteiger partial charge < -0.3 is 24.4 Å². The van der Waals surface area contributed by atoms with Crippen LogP contribution in [0.25, 0.3) is 0 Å². The third-order valence-electron chi connectivity index (χ3n) is 6.32. The number of Topliss-reactive ketones (excluding diaryl/α,β-unsaturated/α-hetero) is 1. The van der Waals surface area contributed by atoms with Gasteiger partial charge in [0.2, 0.25) is 0 Å². The molecule has 3 aliphatic rings. The Kier molecular flexibility index (Phi) is 5.48. The Bertz CT molecular complexity index is 1070. The average Bonchev–Trinajstić information content (AvgIpc) is 2.77. The number of hydrogen-bond acceptors (Lipinski definition) is 7. The summed E-state index contributed by atoms with van der Waals surface area (Å²) in [5, 5.41) is 2.83. The summed E-state index contributed by atoms with van der Waals surface area (Å²) in [6.07, 6.45) is 0.971. The van der Waals surface area contributed by atoms with Gasteiger partial charge in [-0.3, -0.25) is 9.59 Å². The van der Waals surface area contributed by atoms with E-state index in [-0.39, 0.29) is 28.4 Å². The van der Waals surface area contributed by atoms with Crippen LogP contribution in [0.4, 0.5) is 0 Å². The molecule has 1 aliphatic carbocycles. The molecule has 1 aromatic rings. The van der Waals surface area contributed by atoms with Gasteiger partial charge in [-0.1, -0.05) is 19.9 Å². The van der Waals surface area contributed by atoms with Crippen molar-refractivity contribution in [1.82, 2.24) is 10.2 Å². The number of methoxy groups -OCH3 is 3. The first-order valence-corrected chi connectivity index (χ1v) is 10.6. The number of ketones is 1. The minimum absolute atomic E-state index is 0.0365. The second-order valence-electron chi connectivity index (χ2n) is 9.00. The standard InChI is InChI=1S/C24H28N2O6/c1-24(2)11-15-19(16(27)12-24)18(14-7-6-13(30-3)10-17(14)31-4)20(23(29)32-5)21-22(28)25-8-9-26(15)21/h6-7,10,18H,8-9,11-12H2,1-5H3,(H,25,28)/t18-/m1/s1. The van der Waals surface area contributed by atoms with E-state index < -0.39 is 11.9 Å². The topological polar surface area (TPSA) is 94.2 Å². The Morgan fingerprint density at radius 1 is 1.12 bits per heavy atom. The van der Waals surface area contributed by atoms with Crippen LogP contribution in [0.2, 0.25) is 0 Å². The molecule has 1 N–H and O–H groups in total. The largest absolute Gasteiger partial charge is 0.497 e. The van der Waals surface area contributed by atoms with Crippen LogP contribution in [0.3, 0.4) is 0 Å². The van der Waals surface area contributed by atoms with Crippen molar-refractivity contribution in [2.24, 2.45) is 5.41 Å². The monoisotopic (exact) mass is 440 g/mol. The summed E-state index contributed by atoms with van der Waals surface area (Å²) < 4.78 is 16.0. The lowest BCUT2D eigenvalue weighted by Gasteiger charge is -2.46. The number of ether oxygens (including phenoxy) is 3. The molecule has 0 aromatic heterocycles. The van der Waals surface area contributed by atoms with Crippen molar-refractivity contribution in [3.8, 4) is 11.5 Å². The van der Waals surface area contributed by atoms with Crippen LogP contribution in [0.15, 0.2) is 40.7 Å². The summed E-state index contributed by atoms with van der Waals surface area (Å²) >= 11 is 0. The Labute approximate surface area is 187 Å². The number of hydrogen-bond donors (Lipinski definition) is 1. The summed E-state index contributed by atoms with van der Waals surface area (Å²) in [6, 6.07) is 5.24. The van der Waals surface area contributed by atoms with E-state index in [0.717, 1.165) is 5.70 Å². The first-order valence-electron chi connectivity index (χ1n) is 10.6. The SMILES string of the molecule is COC(=O)C1=C2C(=O)NCCN2C2=C(C(=O)CC(C)(C)C2)[C@H]1c1ccc(OC)cc1OC. The molecule has 0 radical (unpaired) electrons. The van der Waals surface area contributed by atoms with E-state index in [0.29, 0.717) is 48.6 Å². The van der Waals surface area contributed by atoms with Crippen molar-refractivity contribution in [1.29, 1.82) is 0 Å². The molecule has 1 atom stereocenters. The van der Waals surface area contributed by atoms with Crippen LogP contribution in [-0.4, -0.2) is 57.0 Å². The van der Waals surface area contributed by atoms with Gasteiger partial charge in [0.1, 0.15) is 17.2 Å². The predicted octanol–water partition coefficient (Wildman–Crippen LogP) is 2.30.